The predicted octanol–water partition coefficient (Wildman–Crippen LogP) is 5.59. The molecule has 2 nitrogen and oxygen atoms in total. The number of hydrogen-bond donors (Lipinski definition) is 0. The normalized spacial score (nSPS) is 22.6. The Morgan fingerprint density at radius 3 is 2.50 bits per heavy atom. The van der Waals surface area contributed by atoms with Crippen molar-refractivity contribution in [2.24, 2.45) is 5.92 Å². The Balaban J connectivity index is 2.12. The molecule has 1 aliphatic carbocycles. The second kappa shape index (κ2) is 7.56. The van der Waals surface area contributed by atoms with Gasteiger partial charge in [0.1, 0.15) is 0 Å². The summed E-state index contributed by atoms with van der Waals surface area (Å²) >= 11 is 9.60. The van der Waals surface area contributed by atoms with Gasteiger partial charge in [-0.05, 0) is 37.7 Å². The van der Waals surface area contributed by atoms with E-state index < -0.39 is 0 Å². The maximum Gasteiger partial charge on any atom is 0.165 e. The lowest BCUT2D eigenvalue weighted by Crippen LogP contribution is -2.24. The maximum absolute atomic E-state index is 6.23. The fourth-order valence-corrected chi connectivity index (χ4v) is 3.48. The third kappa shape index (κ3) is 3.82. The third-order valence-corrected chi connectivity index (χ3v) is 4.94. The van der Waals surface area contributed by atoms with E-state index in [4.69, 9.17) is 21.1 Å². The molecule has 0 atom stereocenters. The molecular formula is C16H22BrClO2. The van der Waals surface area contributed by atoms with Gasteiger partial charge in [0, 0.05) is 22.0 Å². The second-order valence-electron chi connectivity index (χ2n) is 5.40. The van der Waals surface area contributed by atoms with Crippen LogP contribution in [0.5, 0.6) is 11.5 Å². The van der Waals surface area contributed by atoms with E-state index in [0.29, 0.717) is 16.5 Å². The van der Waals surface area contributed by atoms with Crippen molar-refractivity contribution < 1.29 is 9.47 Å². The van der Waals surface area contributed by atoms with E-state index in [2.05, 4.69) is 22.9 Å². The summed E-state index contributed by atoms with van der Waals surface area (Å²) in [6.07, 6.45) is 6.37. The molecule has 1 fully saturated rings. The molecule has 4 heteroatoms. The van der Waals surface area contributed by atoms with Gasteiger partial charge in [-0.25, -0.2) is 0 Å². The van der Waals surface area contributed by atoms with Crippen LogP contribution in [0.4, 0.5) is 0 Å². The Labute approximate surface area is 134 Å². The smallest absolute Gasteiger partial charge is 0.165 e. The SMILES string of the molecule is CCC1CCC(Oc2c(CBr)cc(Cl)cc2OC)CC1. The Kier molecular flexibility index (Phi) is 6.03. The first kappa shape index (κ1) is 16.0. The third-order valence-electron chi connectivity index (χ3n) is 4.12. The second-order valence-corrected chi connectivity index (χ2v) is 6.40. The summed E-state index contributed by atoms with van der Waals surface area (Å²) in [5.41, 5.74) is 1.05. The van der Waals surface area contributed by atoms with Crippen molar-refractivity contribution in [3.63, 3.8) is 0 Å². The molecule has 0 radical (unpaired) electrons. The zero-order valence-corrected chi connectivity index (χ0v) is 14.5. The Bertz CT molecular complexity index is 417. The van der Waals surface area contributed by atoms with Crippen molar-refractivity contribution >= 4 is 27.5 Å². The zero-order chi connectivity index (χ0) is 14.5. The quantitative estimate of drug-likeness (QED) is 0.636. The van der Waals surface area contributed by atoms with Gasteiger partial charge in [-0.15, -0.1) is 0 Å². The summed E-state index contributed by atoms with van der Waals surface area (Å²) in [7, 11) is 1.66. The maximum atomic E-state index is 6.23. The lowest BCUT2D eigenvalue weighted by molar-refractivity contribution is 0.125. The van der Waals surface area contributed by atoms with Crippen molar-refractivity contribution in [2.75, 3.05) is 7.11 Å². The summed E-state index contributed by atoms with van der Waals surface area (Å²) < 4.78 is 11.7. The fourth-order valence-electron chi connectivity index (χ4n) is 2.83. The molecule has 2 rings (SSSR count). The van der Waals surface area contributed by atoms with Gasteiger partial charge in [0.15, 0.2) is 11.5 Å². The molecule has 0 unspecified atom stereocenters. The van der Waals surface area contributed by atoms with E-state index in [0.717, 1.165) is 35.8 Å². The lowest BCUT2D eigenvalue weighted by atomic mass is 9.86. The van der Waals surface area contributed by atoms with Gasteiger partial charge >= 0.3 is 0 Å². The van der Waals surface area contributed by atoms with Crippen LogP contribution in [-0.2, 0) is 5.33 Å². The highest BCUT2D eigenvalue weighted by Gasteiger charge is 2.23. The van der Waals surface area contributed by atoms with Crippen LogP contribution in [0, 0.1) is 5.92 Å². The van der Waals surface area contributed by atoms with E-state index in [1.54, 1.807) is 7.11 Å². The summed E-state index contributed by atoms with van der Waals surface area (Å²) in [5, 5.41) is 1.39. The molecule has 0 N–H and O–H groups in total. The summed E-state index contributed by atoms with van der Waals surface area (Å²) in [6, 6.07) is 3.76. The van der Waals surface area contributed by atoms with Gasteiger partial charge in [0.2, 0.25) is 0 Å². The molecule has 20 heavy (non-hydrogen) atoms. The number of alkyl halides is 1. The van der Waals surface area contributed by atoms with Gasteiger partial charge in [-0.2, -0.15) is 0 Å². The zero-order valence-electron chi connectivity index (χ0n) is 12.1. The van der Waals surface area contributed by atoms with Crippen LogP contribution in [0.15, 0.2) is 12.1 Å². The summed E-state index contributed by atoms with van der Waals surface area (Å²) in [5.74, 6) is 2.44. The van der Waals surface area contributed by atoms with E-state index in [1.165, 1.54) is 19.3 Å². The average Bonchev–Trinajstić information content (AvgIpc) is 2.49. The van der Waals surface area contributed by atoms with Crippen LogP contribution in [0.1, 0.15) is 44.6 Å². The van der Waals surface area contributed by atoms with Gasteiger partial charge in [0.25, 0.3) is 0 Å². The first-order valence-corrected chi connectivity index (χ1v) is 8.76. The molecule has 1 aromatic carbocycles. The molecular weight excluding hydrogens is 340 g/mol. The van der Waals surface area contributed by atoms with Crippen molar-refractivity contribution in [3.8, 4) is 11.5 Å². The van der Waals surface area contributed by atoms with Crippen molar-refractivity contribution in [1.29, 1.82) is 0 Å². The monoisotopic (exact) mass is 360 g/mol. The summed E-state index contributed by atoms with van der Waals surface area (Å²) in [6.45, 7) is 2.27. The number of halogens is 2. The Morgan fingerprint density at radius 2 is 1.95 bits per heavy atom. The van der Waals surface area contributed by atoms with Crippen LogP contribution < -0.4 is 9.47 Å². The van der Waals surface area contributed by atoms with E-state index >= 15 is 0 Å². The minimum Gasteiger partial charge on any atom is -0.493 e. The van der Waals surface area contributed by atoms with Crippen LogP contribution >= 0.6 is 27.5 Å². The molecule has 0 saturated heterocycles. The highest BCUT2D eigenvalue weighted by Crippen LogP contribution is 2.38. The molecule has 0 amide bonds. The predicted molar refractivity (Wildman–Crippen MR) is 87.3 cm³/mol. The van der Waals surface area contributed by atoms with Crippen LogP contribution in [-0.4, -0.2) is 13.2 Å². The topological polar surface area (TPSA) is 18.5 Å². The first-order valence-electron chi connectivity index (χ1n) is 7.27. The molecule has 112 valence electrons. The molecule has 0 spiro atoms. The molecule has 0 aromatic heterocycles. The Morgan fingerprint density at radius 1 is 1.25 bits per heavy atom. The van der Waals surface area contributed by atoms with E-state index in [9.17, 15) is 0 Å². The molecule has 0 bridgehead atoms. The molecule has 1 saturated carbocycles. The number of rotatable bonds is 5. The lowest BCUT2D eigenvalue weighted by Gasteiger charge is -2.29. The minimum atomic E-state index is 0.297. The number of methoxy groups -OCH3 is 1. The number of hydrogen-bond acceptors (Lipinski definition) is 2. The van der Waals surface area contributed by atoms with Crippen molar-refractivity contribution in [3.05, 3.63) is 22.7 Å². The molecule has 0 heterocycles. The van der Waals surface area contributed by atoms with Gasteiger partial charge in [-0.1, -0.05) is 40.9 Å². The minimum absolute atomic E-state index is 0.297. The van der Waals surface area contributed by atoms with Crippen LogP contribution in [0.25, 0.3) is 0 Å². The standard InChI is InChI=1S/C16H22BrClO2/c1-3-11-4-6-14(7-5-11)20-16-12(10-17)8-13(18)9-15(16)19-2/h8-9,11,14H,3-7,10H2,1-2H3. The molecule has 1 aliphatic rings. The average molecular weight is 362 g/mol. The van der Waals surface area contributed by atoms with E-state index in [-0.39, 0.29) is 0 Å². The van der Waals surface area contributed by atoms with Gasteiger partial charge < -0.3 is 9.47 Å². The molecule has 0 aliphatic heterocycles. The number of ether oxygens (including phenoxy) is 2. The summed E-state index contributed by atoms with van der Waals surface area (Å²) in [4.78, 5) is 0. The Hall–Kier alpha value is -0.410. The van der Waals surface area contributed by atoms with Crippen molar-refractivity contribution in [2.45, 2.75) is 50.5 Å². The highest BCUT2D eigenvalue weighted by atomic mass is 79.9. The van der Waals surface area contributed by atoms with E-state index in [1.807, 2.05) is 12.1 Å². The van der Waals surface area contributed by atoms with Gasteiger partial charge in [-0.3, -0.25) is 0 Å². The fraction of sp³-hybridized carbons (Fsp3) is 0.625. The van der Waals surface area contributed by atoms with Crippen LogP contribution in [0.2, 0.25) is 5.02 Å². The number of benzene rings is 1. The van der Waals surface area contributed by atoms with Crippen LogP contribution in [0.3, 0.4) is 0 Å². The first-order chi connectivity index (χ1) is 9.67. The van der Waals surface area contributed by atoms with Gasteiger partial charge in [0.05, 0.1) is 13.2 Å². The largest absolute Gasteiger partial charge is 0.493 e. The highest BCUT2D eigenvalue weighted by molar-refractivity contribution is 9.08. The van der Waals surface area contributed by atoms with Crippen molar-refractivity contribution in [1.82, 2.24) is 0 Å². The molecule has 1 aromatic rings.